The van der Waals surface area contributed by atoms with Gasteiger partial charge in [-0.2, -0.15) is 0 Å². The molecule has 0 radical (unpaired) electrons. The lowest BCUT2D eigenvalue weighted by Crippen LogP contribution is -2.44. The number of ether oxygens (including phenoxy) is 2. The number of pyridine rings is 1. The van der Waals surface area contributed by atoms with Crippen LogP contribution in [0.5, 0.6) is 5.75 Å². The van der Waals surface area contributed by atoms with Crippen LogP contribution in [0.25, 0.3) is 10.8 Å². The molecule has 1 atom stereocenters. The van der Waals surface area contributed by atoms with E-state index >= 15 is 0 Å². The molecule has 1 fully saturated rings. The van der Waals surface area contributed by atoms with Gasteiger partial charge in [0.05, 0.1) is 13.2 Å². The highest BCUT2D eigenvalue weighted by Gasteiger charge is 2.27. The van der Waals surface area contributed by atoms with Gasteiger partial charge in [-0.25, -0.2) is 9.78 Å². The average molecular weight is 371 g/mol. The van der Waals surface area contributed by atoms with Gasteiger partial charge in [-0.05, 0) is 55.3 Å². The fourth-order valence-corrected chi connectivity index (χ4v) is 3.51. The van der Waals surface area contributed by atoms with Crippen LogP contribution in [0.4, 0.5) is 10.6 Å². The number of unbranched alkanes of at least 4 members (excludes halogenated alkanes) is 1. The molecule has 1 saturated heterocycles. The minimum atomic E-state index is -0.179. The topological polar surface area (TPSA) is 77.7 Å². The standard InChI is InChI=1S/C21H29N3O3/c1-2-3-13-27-21(25)24-12-5-4-6-17(24)10-14-26-18-7-8-19-16(15-18)9-11-23-20(19)22/h7-9,11,15,17H,2-6,10,12-14H2,1H3,(H2,22,23). The monoisotopic (exact) mass is 371 g/mol. The van der Waals surface area contributed by atoms with Crippen LogP contribution in [0, 0.1) is 0 Å². The van der Waals surface area contributed by atoms with Crippen LogP contribution in [0.3, 0.4) is 0 Å². The van der Waals surface area contributed by atoms with Crippen molar-refractivity contribution in [1.82, 2.24) is 9.88 Å². The SMILES string of the molecule is CCCCOC(=O)N1CCCCC1CCOc1ccc2c(N)nccc2c1. The zero-order valence-corrected chi connectivity index (χ0v) is 16.0. The lowest BCUT2D eigenvalue weighted by atomic mass is 10.0. The zero-order valence-electron chi connectivity index (χ0n) is 16.0. The Bertz CT molecular complexity index is 765. The minimum absolute atomic E-state index is 0.179. The summed E-state index contributed by atoms with van der Waals surface area (Å²) in [6.07, 6.45) is 7.46. The van der Waals surface area contributed by atoms with Gasteiger partial charge in [-0.15, -0.1) is 0 Å². The number of nitrogen functional groups attached to an aromatic ring is 1. The summed E-state index contributed by atoms with van der Waals surface area (Å²) in [6.45, 7) is 3.93. The summed E-state index contributed by atoms with van der Waals surface area (Å²) in [6, 6.07) is 7.94. The van der Waals surface area contributed by atoms with E-state index in [4.69, 9.17) is 15.2 Å². The van der Waals surface area contributed by atoms with E-state index in [0.29, 0.717) is 19.0 Å². The molecule has 3 rings (SSSR count). The van der Waals surface area contributed by atoms with Crippen LogP contribution in [0.15, 0.2) is 30.5 Å². The maximum Gasteiger partial charge on any atom is 0.410 e. The molecule has 1 aromatic heterocycles. The van der Waals surface area contributed by atoms with Gasteiger partial charge in [0.2, 0.25) is 0 Å². The van der Waals surface area contributed by atoms with E-state index in [1.54, 1.807) is 6.20 Å². The Balaban J connectivity index is 1.54. The Morgan fingerprint density at radius 2 is 2.19 bits per heavy atom. The number of hydrogen-bond donors (Lipinski definition) is 1. The van der Waals surface area contributed by atoms with Gasteiger partial charge in [0, 0.05) is 30.6 Å². The maximum absolute atomic E-state index is 12.3. The molecular weight excluding hydrogens is 342 g/mol. The first-order chi connectivity index (χ1) is 13.2. The molecule has 1 aliphatic rings. The van der Waals surface area contributed by atoms with Gasteiger partial charge in [-0.3, -0.25) is 0 Å². The first-order valence-corrected chi connectivity index (χ1v) is 9.89. The van der Waals surface area contributed by atoms with E-state index in [1.807, 2.05) is 29.2 Å². The van der Waals surface area contributed by atoms with Crippen molar-refractivity contribution < 1.29 is 14.3 Å². The fraction of sp³-hybridized carbons (Fsp3) is 0.524. The van der Waals surface area contributed by atoms with E-state index < -0.39 is 0 Å². The first-order valence-electron chi connectivity index (χ1n) is 9.89. The van der Waals surface area contributed by atoms with Crippen molar-refractivity contribution >= 4 is 22.7 Å². The lowest BCUT2D eigenvalue weighted by Gasteiger charge is -2.34. The van der Waals surface area contributed by atoms with Crippen molar-refractivity contribution in [3.63, 3.8) is 0 Å². The van der Waals surface area contributed by atoms with Crippen molar-refractivity contribution in [2.75, 3.05) is 25.5 Å². The van der Waals surface area contributed by atoms with Crippen molar-refractivity contribution in [1.29, 1.82) is 0 Å². The van der Waals surface area contributed by atoms with Crippen molar-refractivity contribution in [3.05, 3.63) is 30.5 Å². The van der Waals surface area contributed by atoms with Gasteiger partial charge >= 0.3 is 6.09 Å². The second-order valence-corrected chi connectivity index (χ2v) is 7.03. The quantitative estimate of drug-likeness (QED) is 0.731. The van der Waals surface area contributed by atoms with Crippen LogP contribution in [0.1, 0.15) is 45.4 Å². The van der Waals surface area contributed by atoms with Gasteiger partial charge < -0.3 is 20.1 Å². The molecule has 1 aliphatic heterocycles. The van der Waals surface area contributed by atoms with E-state index in [2.05, 4.69) is 11.9 Å². The summed E-state index contributed by atoms with van der Waals surface area (Å²) >= 11 is 0. The number of piperidine rings is 1. The zero-order chi connectivity index (χ0) is 19.1. The summed E-state index contributed by atoms with van der Waals surface area (Å²) in [5, 5.41) is 1.94. The average Bonchev–Trinajstić information content (AvgIpc) is 2.68. The summed E-state index contributed by atoms with van der Waals surface area (Å²) in [7, 11) is 0. The highest BCUT2D eigenvalue weighted by molar-refractivity contribution is 5.91. The van der Waals surface area contributed by atoms with E-state index in [9.17, 15) is 4.79 Å². The maximum atomic E-state index is 12.3. The number of likely N-dealkylation sites (tertiary alicyclic amines) is 1. The number of benzene rings is 1. The molecule has 6 heteroatoms. The van der Waals surface area contributed by atoms with Gasteiger partial charge in [-0.1, -0.05) is 13.3 Å². The Morgan fingerprint density at radius 3 is 3.04 bits per heavy atom. The van der Waals surface area contributed by atoms with Gasteiger partial charge in [0.25, 0.3) is 0 Å². The predicted molar refractivity (Wildman–Crippen MR) is 107 cm³/mol. The van der Waals surface area contributed by atoms with Crippen molar-refractivity contribution in [3.8, 4) is 5.75 Å². The third kappa shape index (κ3) is 5.02. The molecule has 1 amide bonds. The van der Waals surface area contributed by atoms with Crippen LogP contribution < -0.4 is 10.5 Å². The normalized spacial score (nSPS) is 17.1. The van der Waals surface area contributed by atoms with Gasteiger partial charge in [0.15, 0.2) is 0 Å². The van der Waals surface area contributed by atoms with Crippen LogP contribution >= 0.6 is 0 Å². The van der Waals surface area contributed by atoms with E-state index in [1.165, 1.54) is 0 Å². The predicted octanol–water partition coefficient (Wildman–Crippen LogP) is 4.38. The molecule has 0 spiro atoms. The molecule has 6 nitrogen and oxygen atoms in total. The Morgan fingerprint density at radius 1 is 1.30 bits per heavy atom. The first kappa shape index (κ1) is 19.3. The number of nitrogens with two attached hydrogens (primary N) is 1. The molecule has 2 N–H and O–H groups in total. The summed E-state index contributed by atoms with van der Waals surface area (Å²) in [5.41, 5.74) is 5.89. The second kappa shape index (κ2) is 9.44. The van der Waals surface area contributed by atoms with Crippen LogP contribution in [0.2, 0.25) is 0 Å². The van der Waals surface area contributed by atoms with Crippen LogP contribution in [-0.2, 0) is 4.74 Å². The third-order valence-electron chi connectivity index (χ3n) is 5.07. The molecule has 0 aliphatic carbocycles. The highest BCUT2D eigenvalue weighted by atomic mass is 16.6. The number of carbonyl (C=O) groups excluding carboxylic acids is 1. The number of aromatic nitrogens is 1. The van der Waals surface area contributed by atoms with Crippen LogP contribution in [-0.4, -0.2) is 41.8 Å². The number of amides is 1. The Kier molecular flexibility index (Phi) is 6.74. The minimum Gasteiger partial charge on any atom is -0.493 e. The van der Waals surface area contributed by atoms with Gasteiger partial charge in [0.1, 0.15) is 11.6 Å². The van der Waals surface area contributed by atoms with E-state index in [-0.39, 0.29) is 12.1 Å². The Labute approximate surface area is 160 Å². The largest absolute Gasteiger partial charge is 0.493 e. The molecule has 1 unspecified atom stereocenters. The number of rotatable bonds is 7. The van der Waals surface area contributed by atoms with E-state index in [0.717, 1.165) is 61.6 Å². The molecule has 2 heterocycles. The van der Waals surface area contributed by atoms with Crippen molar-refractivity contribution in [2.45, 2.75) is 51.5 Å². The number of nitrogens with zero attached hydrogens (tertiary/aromatic N) is 2. The highest BCUT2D eigenvalue weighted by Crippen LogP contribution is 2.25. The lowest BCUT2D eigenvalue weighted by molar-refractivity contribution is 0.0661. The molecule has 1 aromatic carbocycles. The fourth-order valence-electron chi connectivity index (χ4n) is 3.51. The molecule has 0 saturated carbocycles. The number of fused-ring (bicyclic) bond motifs is 1. The number of carbonyl (C=O) groups is 1. The molecule has 146 valence electrons. The molecule has 2 aromatic rings. The summed E-state index contributed by atoms with van der Waals surface area (Å²) in [5.74, 6) is 1.33. The Hall–Kier alpha value is -2.50. The molecule has 27 heavy (non-hydrogen) atoms. The molecule has 0 bridgehead atoms. The summed E-state index contributed by atoms with van der Waals surface area (Å²) in [4.78, 5) is 18.3. The second-order valence-electron chi connectivity index (χ2n) is 7.03. The van der Waals surface area contributed by atoms with Crippen molar-refractivity contribution in [2.24, 2.45) is 0 Å². The molecular formula is C21H29N3O3. The number of anilines is 1. The number of hydrogen-bond acceptors (Lipinski definition) is 5. The third-order valence-corrected chi connectivity index (χ3v) is 5.07. The summed E-state index contributed by atoms with van der Waals surface area (Å²) < 4.78 is 11.3. The smallest absolute Gasteiger partial charge is 0.410 e.